The molecule has 1 nitrogen and oxygen atoms in total. The summed E-state index contributed by atoms with van der Waals surface area (Å²) in [5.74, 6) is -19.4. The van der Waals surface area contributed by atoms with Crippen molar-refractivity contribution in [3.8, 4) is 0 Å². The van der Waals surface area contributed by atoms with Crippen LogP contribution in [0.1, 0.15) is 5.56 Å². The van der Waals surface area contributed by atoms with E-state index in [4.69, 9.17) is 0 Å². The molecular weight excluding hydrogens is 343 g/mol. The van der Waals surface area contributed by atoms with Crippen molar-refractivity contribution in [3.05, 3.63) is 47.2 Å². The molecule has 0 saturated carbocycles. The normalized spacial score (nSPS) is 20.2. The van der Waals surface area contributed by atoms with E-state index in [2.05, 4.69) is 4.74 Å². The lowest BCUT2D eigenvalue weighted by atomic mass is 9.82. The Morgan fingerprint density at radius 1 is 0.826 bits per heavy atom. The van der Waals surface area contributed by atoms with Gasteiger partial charge in [0.1, 0.15) is 12.2 Å². The molecule has 0 bridgehead atoms. The van der Waals surface area contributed by atoms with Crippen molar-refractivity contribution in [1.29, 1.82) is 0 Å². The average molecular weight is 350 g/mol. The number of alkyl halides is 9. The summed E-state index contributed by atoms with van der Waals surface area (Å²) in [7, 11) is 0. The van der Waals surface area contributed by atoms with Crippen LogP contribution in [0.2, 0.25) is 0 Å². The van der Waals surface area contributed by atoms with Gasteiger partial charge in [0, 0.05) is 0 Å². The number of ether oxygens (including phenoxy) is 1. The van der Waals surface area contributed by atoms with Crippen LogP contribution < -0.4 is 0 Å². The number of halogens is 9. The van der Waals surface area contributed by atoms with Gasteiger partial charge in [0.2, 0.25) is 0 Å². The van der Waals surface area contributed by atoms with Gasteiger partial charge in [-0.05, 0) is 5.56 Å². The quantitative estimate of drug-likeness (QED) is 0.699. The van der Waals surface area contributed by atoms with E-state index >= 15 is 0 Å². The molecule has 0 spiro atoms. The highest BCUT2D eigenvalue weighted by atomic mass is 19.4. The summed E-state index contributed by atoms with van der Waals surface area (Å²) in [6, 6.07) is 6.91. The van der Waals surface area contributed by atoms with Crippen LogP contribution in [0.4, 0.5) is 39.5 Å². The fraction of sp³-hybridized carbons (Fsp3) is 0.385. The Morgan fingerprint density at radius 3 is 1.83 bits per heavy atom. The van der Waals surface area contributed by atoms with Gasteiger partial charge in [-0.1, -0.05) is 30.3 Å². The molecule has 0 N–H and O–H groups in total. The third-order valence-electron chi connectivity index (χ3n) is 3.12. The lowest BCUT2D eigenvalue weighted by Gasteiger charge is -2.42. The molecule has 0 atom stereocenters. The smallest absolute Gasteiger partial charge is 0.458 e. The maximum Gasteiger partial charge on any atom is 0.458 e. The molecular formula is C13H7F9O. The minimum absolute atomic E-state index is 0.126. The summed E-state index contributed by atoms with van der Waals surface area (Å²) in [4.78, 5) is 0. The van der Waals surface area contributed by atoms with E-state index < -0.39 is 41.9 Å². The first kappa shape index (κ1) is 17.5. The van der Waals surface area contributed by atoms with E-state index in [-0.39, 0.29) is 5.56 Å². The van der Waals surface area contributed by atoms with Crippen molar-refractivity contribution >= 4 is 0 Å². The van der Waals surface area contributed by atoms with E-state index in [0.717, 1.165) is 0 Å². The van der Waals surface area contributed by atoms with Gasteiger partial charge in [-0.3, -0.25) is 0 Å². The van der Waals surface area contributed by atoms with Crippen LogP contribution in [0.15, 0.2) is 41.7 Å². The predicted molar refractivity (Wildman–Crippen MR) is 59.2 cm³/mol. The summed E-state index contributed by atoms with van der Waals surface area (Å²) in [5, 5.41) is 0. The van der Waals surface area contributed by atoms with Crippen LogP contribution in [0.5, 0.6) is 0 Å². The highest BCUT2D eigenvalue weighted by Crippen LogP contribution is 2.63. The molecule has 0 aliphatic heterocycles. The summed E-state index contributed by atoms with van der Waals surface area (Å²) in [5.41, 5.74) is -2.93. The predicted octanol–water partition coefficient (Wildman–Crippen LogP) is 4.94. The largest absolute Gasteiger partial charge is 0.486 e. The fourth-order valence-electron chi connectivity index (χ4n) is 1.91. The Kier molecular flexibility index (Phi) is 3.85. The number of allylic oxidation sites excluding steroid dienone is 2. The minimum atomic E-state index is -6.45. The molecule has 0 heterocycles. The average Bonchev–Trinajstić information content (AvgIpc) is 2.42. The first-order valence-electron chi connectivity index (χ1n) is 5.96. The van der Waals surface area contributed by atoms with Crippen molar-refractivity contribution in [3.63, 3.8) is 0 Å². The Bertz CT molecular complexity index is 616. The van der Waals surface area contributed by atoms with Crippen LogP contribution in [0, 0.1) is 0 Å². The van der Waals surface area contributed by atoms with Crippen molar-refractivity contribution in [2.24, 2.45) is 0 Å². The van der Waals surface area contributed by atoms with Crippen LogP contribution in [0.3, 0.4) is 0 Å². The fourth-order valence-corrected chi connectivity index (χ4v) is 1.91. The van der Waals surface area contributed by atoms with Gasteiger partial charge in [0.15, 0.2) is 5.76 Å². The number of benzene rings is 1. The number of hydrogen-bond donors (Lipinski definition) is 0. The number of hydrogen-bond acceptors (Lipinski definition) is 1. The Morgan fingerprint density at radius 2 is 1.35 bits per heavy atom. The first-order chi connectivity index (χ1) is 10.3. The Balaban J connectivity index is 2.40. The zero-order chi connectivity index (χ0) is 17.7. The number of rotatable bonds is 4. The molecule has 1 aliphatic rings. The van der Waals surface area contributed by atoms with Gasteiger partial charge in [0.05, 0.1) is 0 Å². The van der Waals surface area contributed by atoms with Crippen molar-refractivity contribution in [2.45, 2.75) is 30.6 Å². The highest BCUT2D eigenvalue weighted by molar-refractivity contribution is 5.45. The van der Waals surface area contributed by atoms with Gasteiger partial charge in [0.25, 0.3) is 0 Å². The van der Waals surface area contributed by atoms with Crippen molar-refractivity contribution < 1.29 is 44.3 Å². The third kappa shape index (κ3) is 2.53. The summed E-state index contributed by atoms with van der Waals surface area (Å²) < 4.78 is 120. The first-order valence-corrected chi connectivity index (χ1v) is 5.96. The molecule has 0 saturated heterocycles. The van der Waals surface area contributed by atoms with Crippen LogP contribution in [0.25, 0.3) is 0 Å². The van der Waals surface area contributed by atoms with Crippen molar-refractivity contribution in [1.82, 2.24) is 0 Å². The minimum Gasteiger partial charge on any atom is -0.486 e. The van der Waals surface area contributed by atoms with Gasteiger partial charge < -0.3 is 4.74 Å². The van der Waals surface area contributed by atoms with Gasteiger partial charge in [-0.25, -0.2) is 0 Å². The lowest BCUT2D eigenvalue weighted by Crippen LogP contribution is -2.62. The second-order valence-electron chi connectivity index (χ2n) is 4.70. The zero-order valence-corrected chi connectivity index (χ0v) is 10.9. The molecule has 23 heavy (non-hydrogen) atoms. The van der Waals surface area contributed by atoms with Gasteiger partial charge in [-0.15, -0.1) is 0 Å². The summed E-state index contributed by atoms with van der Waals surface area (Å²) in [6.45, 7) is -0.862. The Labute approximate surface area is 123 Å². The SMILES string of the molecule is FC(F)(F)C(F)(F)C1=C(OCc2ccccc2)C(F)(F)C1(F)F. The molecule has 1 aliphatic carbocycles. The van der Waals surface area contributed by atoms with Gasteiger partial charge >= 0.3 is 23.9 Å². The van der Waals surface area contributed by atoms with E-state index in [0.29, 0.717) is 0 Å². The van der Waals surface area contributed by atoms with Crippen LogP contribution in [-0.2, 0) is 11.3 Å². The molecule has 2 rings (SSSR count). The molecule has 0 unspecified atom stereocenters. The zero-order valence-electron chi connectivity index (χ0n) is 10.9. The van der Waals surface area contributed by atoms with E-state index in [1.54, 1.807) is 0 Å². The summed E-state index contributed by atoms with van der Waals surface area (Å²) in [6.07, 6.45) is -6.45. The van der Waals surface area contributed by atoms with Crippen molar-refractivity contribution in [2.75, 3.05) is 0 Å². The van der Waals surface area contributed by atoms with Crippen LogP contribution in [-0.4, -0.2) is 23.9 Å². The second kappa shape index (κ2) is 5.07. The molecule has 128 valence electrons. The topological polar surface area (TPSA) is 9.23 Å². The van der Waals surface area contributed by atoms with E-state index in [1.807, 2.05) is 0 Å². The summed E-state index contributed by atoms with van der Waals surface area (Å²) >= 11 is 0. The molecule has 0 amide bonds. The molecule has 0 fully saturated rings. The van der Waals surface area contributed by atoms with Crippen LogP contribution >= 0.6 is 0 Å². The van der Waals surface area contributed by atoms with E-state index in [1.165, 1.54) is 30.3 Å². The maximum absolute atomic E-state index is 13.2. The molecule has 10 heteroatoms. The Hall–Kier alpha value is -1.87. The molecule has 1 aromatic rings. The monoisotopic (exact) mass is 350 g/mol. The maximum atomic E-state index is 13.2. The third-order valence-corrected chi connectivity index (χ3v) is 3.12. The molecule has 1 aromatic carbocycles. The second-order valence-corrected chi connectivity index (χ2v) is 4.70. The molecule has 0 radical (unpaired) electrons. The lowest BCUT2D eigenvalue weighted by molar-refractivity contribution is -0.305. The molecule has 0 aromatic heterocycles. The highest BCUT2D eigenvalue weighted by Gasteiger charge is 2.82. The standard InChI is InChI=1S/C13H7F9O/c14-10(15)8(11(16,17)13(20,21)22)9(12(10,18)19)23-6-7-4-2-1-3-5-7/h1-5H,6H2. The van der Waals surface area contributed by atoms with Gasteiger partial charge in [-0.2, -0.15) is 39.5 Å². The van der Waals surface area contributed by atoms with E-state index in [9.17, 15) is 39.5 Å².